The normalized spacial score (nSPS) is 26.8. The largest absolute Gasteiger partial charge is 0.344 e. The number of carbonyl (C=O) groups excluding carboxylic acids is 2. The monoisotopic (exact) mass is 249 g/mol. The first-order valence-electron chi connectivity index (χ1n) is 6.56. The fourth-order valence-corrected chi connectivity index (χ4v) is 2.80. The van der Waals surface area contributed by atoms with Gasteiger partial charge in [-0.05, 0) is 19.3 Å². The van der Waals surface area contributed by atoms with Gasteiger partial charge in [0, 0.05) is 13.6 Å². The highest BCUT2D eigenvalue weighted by Crippen LogP contribution is 2.36. The summed E-state index contributed by atoms with van der Waals surface area (Å²) in [6.45, 7) is 0.670. The third kappa shape index (κ3) is 2.20. The number of nitrogens with one attached hydrogen (secondary N) is 1. The minimum atomic E-state index is -0.903. The molecule has 1 saturated carbocycles. The van der Waals surface area contributed by atoms with E-state index in [2.05, 4.69) is 11.4 Å². The number of amides is 2. The van der Waals surface area contributed by atoms with Gasteiger partial charge in [-0.15, -0.1) is 0 Å². The molecule has 0 radical (unpaired) electrons. The lowest BCUT2D eigenvalue weighted by Gasteiger charge is -2.30. The van der Waals surface area contributed by atoms with Crippen molar-refractivity contribution < 1.29 is 9.59 Å². The van der Waals surface area contributed by atoms with Crippen molar-refractivity contribution in [1.82, 2.24) is 10.2 Å². The average molecular weight is 249 g/mol. The summed E-state index contributed by atoms with van der Waals surface area (Å²) in [5, 5.41) is 12.1. The maximum atomic E-state index is 12.3. The molecule has 0 spiro atoms. The minimum absolute atomic E-state index is 0.0488. The summed E-state index contributed by atoms with van der Waals surface area (Å²) in [5.74, 6) is -0.300. The molecular weight excluding hydrogens is 230 g/mol. The van der Waals surface area contributed by atoms with E-state index in [-0.39, 0.29) is 11.8 Å². The van der Waals surface area contributed by atoms with Crippen molar-refractivity contribution in [3.63, 3.8) is 0 Å². The zero-order valence-electron chi connectivity index (χ0n) is 10.7. The third-order valence-electron chi connectivity index (χ3n) is 4.09. The van der Waals surface area contributed by atoms with Crippen LogP contribution in [-0.4, -0.2) is 36.3 Å². The predicted octanol–water partition coefficient (Wildman–Crippen LogP) is 0.807. The van der Waals surface area contributed by atoms with Gasteiger partial charge in [-0.3, -0.25) is 9.59 Å². The first kappa shape index (κ1) is 12.9. The van der Waals surface area contributed by atoms with Gasteiger partial charge in [-0.1, -0.05) is 19.3 Å². The molecule has 5 heteroatoms. The topological polar surface area (TPSA) is 73.2 Å². The molecule has 0 bridgehead atoms. The van der Waals surface area contributed by atoms with Crippen molar-refractivity contribution in [3.05, 3.63) is 0 Å². The van der Waals surface area contributed by atoms with E-state index < -0.39 is 11.5 Å². The molecule has 18 heavy (non-hydrogen) atoms. The third-order valence-corrected chi connectivity index (χ3v) is 4.09. The highest BCUT2D eigenvalue weighted by atomic mass is 16.2. The Kier molecular flexibility index (Phi) is 3.55. The van der Waals surface area contributed by atoms with Gasteiger partial charge in [0.25, 0.3) is 0 Å². The first-order valence-corrected chi connectivity index (χ1v) is 6.56. The van der Waals surface area contributed by atoms with Crippen LogP contribution in [0.5, 0.6) is 0 Å². The van der Waals surface area contributed by atoms with E-state index >= 15 is 0 Å². The molecule has 0 aromatic heterocycles. The van der Waals surface area contributed by atoms with Crippen LogP contribution in [0.1, 0.15) is 38.5 Å². The summed E-state index contributed by atoms with van der Waals surface area (Å²) in [5.41, 5.74) is -0.903. The van der Waals surface area contributed by atoms with Crippen LogP contribution in [0.15, 0.2) is 0 Å². The molecular formula is C13H19N3O2. The number of nitriles is 1. The molecule has 1 saturated heterocycles. The number of likely N-dealkylation sites (N-methyl/N-ethyl adjacent to an activating group) is 1. The standard InChI is InChI=1S/C13H19N3O2/c1-16-8-5-10(11(16)17)15-12(18)13(9-14)6-3-2-4-7-13/h10H,2-8H2,1H3,(H,15,18). The van der Waals surface area contributed by atoms with Gasteiger partial charge in [0.1, 0.15) is 11.5 Å². The number of hydrogen-bond donors (Lipinski definition) is 1. The van der Waals surface area contributed by atoms with Gasteiger partial charge >= 0.3 is 0 Å². The van der Waals surface area contributed by atoms with Crippen LogP contribution in [0, 0.1) is 16.7 Å². The van der Waals surface area contributed by atoms with Crippen molar-refractivity contribution >= 4 is 11.8 Å². The maximum absolute atomic E-state index is 12.3. The van der Waals surface area contributed by atoms with Gasteiger partial charge in [-0.2, -0.15) is 5.26 Å². The molecule has 5 nitrogen and oxygen atoms in total. The molecule has 2 amide bonds. The van der Waals surface area contributed by atoms with E-state index in [0.29, 0.717) is 25.8 Å². The zero-order chi connectivity index (χ0) is 13.2. The summed E-state index contributed by atoms with van der Waals surface area (Å²) in [6.07, 6.45) is 4.79. The Morgan fingerprint density at radius 3 is 2.61 bits per heavy atom. The van der Waals surface area contributed by atoms with E-state index in [1.54, 1.807) is 11.9 Å². The van der Waals surface area contributed by atoms with Gasteiger partial charge in [-0.25, -0.2) is 0 Å². The summed E-state index contributed by atoms with van der Waals surface area (Å²) in [6, 6.07) is 1.74. The lowest BCUT2D eigenvalue weighted by Crippen LogP contribution is -2.48. The molecule has 1 N–H and O–H groups in total. The Morgan fingerprint density at radius 1 is 1.44 bits per heavy atom. The summed E-state index contributed by atoms with van der Waals surface area (Å²) in [4.78, 5) is 25.6. The number of nitrogens with zero attached hydrogens (tertiary/aromatic N) is 2. The second-order valence-corrected chi connectivity index (χ2v) is 5.33. The molecule has 2 fully saturated rings. The van der Waals surface area contributed by atoms with Gasteiger partial charge in [0.2, 0.25) is 11.8 Å². The Balaban J connectivity index is 2.03. The molecule has 1 unspecified atom stereocenters. The number of hydrogen-bond acceptors (Lipinski definition) is 3. The molecule has 0 aromatic carbocycles. The number of carbonyl (C=O) groups is 2. The smallest absolute Gasteiger partial charge is 0.244 e. The van der Waals surface area contributed by atoms with Crippen LogP contribution in [-0.2, 0) is 9.59 Å². The van der Waals surface area contributed by atoms with Crippen LogP contribution in [0.2, 0.25) is 0 Å². The van der Waals surface area contributed by atoms with Crippen molar-refractivity contribution in [2.75, 3.05) is 13.6 Å². The van der Waals surface area contributed by atoms with E-state index in [4.69, 9.17) is 0 Å². The van der Waals surface area contributed by atoms with Crippen LogP contribution in [0.3, 0.4) is 0 Å². The Hall–Kier alpha value is -1.57. The lowest BCUT2D eigenvalue weighted by molar-refractivity contribution is -0.135. The fraction of sp³-hybridized carbons (Fsp3) is 0.769. The van der Waals surface area contributed by atoms with Crippen LogP contribution in [0.25, 0.3) is 0 Å². The van der Waals surface area contributed by atoms with Crippen molar-refractivity contribution in [3.8, 4) is 6.07 Å². The van der Waals surface area contributed by atoms with E-state index in [1.807, 2.05) is 0 Å². The van der Waals surface area contributed by atoms with Crippen LogP contribution >= 0.6 is 0 Å². The number of rotatable bonds is 2. The summed E-state index contributed by atoms with van der Waals surface area (Å²) < 4.78 is 0. The second-order valence-electron chi connectivity index (χ2n) is 5.33. The van der Waals surface area contributed by atoms with E-state index in [9.17, 15) is 14.9 Å². The zero-order valence-corrected chi connectivity index (χ0v) is 10.7. The summed E-state index contributed by atoms with van der Waals surface area (Å²) >= 11 is 0. The molecule has 2 rings (SSSR count). The van der Waals surface area contributed by atoms with Crippen molar-refractivity contribution in [2.24, 2.45) is 5.41 Å². The molecule has 1 heterocycles. The second kappa shape index (κ2) is 4.97. The SMILES string of the molecule is CN1CCC(NC(=O)C2(C#N)CCCCC2)C1=O. The van der Waals surface area contributed by atoms with Gasteiger partial charge in [0.15, 0.2) is 0 Å². The Morgan fingerprint density at radius 2 is 2.11 bits per heavy atom. The molecule has 0 aromatic rings. The predicted molar refractivity (Wildman–Crippen MR) is 65.3 cm³/mol. The highest BCUT2D eigenvalue weighted by molar-refractivity contribution is 5.92. The van der Waals surface area contributed by atoms with Crippen molar-refractivity contribution in [2.45, 2.75) is 44.6 Å². The quantitative estimate of drug-likeness (QED) is 0.787. The van der Waals surface area contributed by atoms with E-state index in [1.165, 1.54) is 0 Å². The highest BCUT2D eigenvalue weighted by Gasteiger charge is 2.42. The van der Waals surface area contributed by atoms with Crippen LogP contribution < -0.4 is 5.32 Å². The molecule has 1 aliphatic heterocycles. The average Bonchev–Trinajstić information content (AvgIpc) is 2.71. The fourth-order valence-electron chi connectivity index (χ4n) is 2.80. The Bertz CT molecular complexity index is 394. The Labute approximate surface area is 107 Å². The van der Waals surface area contributed by atoms with Gasteiger partial charge < -0.3 is 10.2 Å². The van der Waals surface area contributed by atoms with Crippen molar-refractivity contribution in [1.29, 1.82) is 5.26 Å². The lowest BCUT2D eigenvalue weighted by atomic mass is 9.74. The molecule has 1 atom stereocenters. The van der Waals surface area contributed by atoms with Crippen LogP contribution in [0.4, 0.5) is 0 Å². The van der Waals surface area contributed by atoms with Gasteiger partial charge in [0.05, 0.1) is 6.07 Å². The molecule has 2 aliphatic rings. The minimum Gasteiger partial charge on any atom is -0.344 e. The molecule has 98 valence electrons. The summed E-state index contributed by atoms with van der Waals surface area (Å²) in [7, 11) is 1.73. The molecule has 1 aliphatic carbocycles. The first-order chi connectivity index (χ1) is 8.59. The number of likely N-dealkylation sites (tertiary alicyclic amines) is 1. The maximum Gasteiger partial charge on any atom is 0.244 e. The van der Waals surface area contributed by atoms with E-state index in [0.717, 1.165) is 19.3 Å².